The van der Waals surface area contributed by atoms with Crippen LogP contribution in [0.2, 0.25) is 0 Å². The van der Waals surface area contributed by atoms with Crippen molar-refractivity contribution in [3.8, 4) is 0 Å². The molecule has 1 aliphatic heterocycles. The Kier molecular flexibility index (Phi) is 2.99. The highest BCUT2D eigenvalue weighted by molar-refractivity contribution is 5.47. The van der Waals surface area contributed by atoms with Gasteiger partial charge < -0.3 is 10.6 Å². The third-order valence-electron chi connectivity index (χ3n) is 3.04. The van der Waals surface area contributed by atoms with E-state index in [1.165, 1.54) is 6.42 Å². The fourth-order valence-corrected chi connectivity index (χ4v) is 2.59. The summed E-state index contributed by atoms with van der Waals surface area (Å²) in [6.07, 6.45) is 1.30. The van der Waals surface area contributed by atoms with Crippen molar-refractivity contribution in [3.63, 3.8) is 0 Å². The molecular formula is C12H20N4. The third-order valence-corrected chi connectivity index (χ3v) is 3.04. The van der Waals surface area contributed by atoms with E-state index in [2.05, 4.69) is 28.7 Å². The summed E-state index contributed by atoms with van der Waals surface area (Å²) in [6, 6.07) is 1.87. The second-order valence-corrected chi connectivity index (χ2v) is 5.05. The second-order valence-electron chi connectivity index (χ2n) is 5.05. The van der Waals surface area contributed by atoms with Crippen molar-refractivity contribution >= 4 is 11.6 Å². The van der Waals surface area contributed by atoms with E-state index in [4.69, 9.17) is 5.73 Å². The molecule has 1 aliphatic rings. The molecule has 4 nitrogen and oxygen atoms in total. The Morgan fingerprint density at radius 1 is 1.25 bits per heavy atom. The first-order chi connectivity index (χ1) is 7.54. The van der Waals surface area contributed by atoms with Gasteiger partial charge in [0.05, 0.1) is 0 Å². The van der Waals surface area contributed by atoms with Crippen molar-refractivity contribution in [1.29, 1.82) is 0 Å². The fourth-order valence-electron chi connectivity index (χ4n) is 2.59. The van der Waals surface area contributed by atoms with Crippen LogP contribution in [0, 0.1) is 18.8 Å². The Labute approximate surface area is 96.9 Å². The van der Waals surface area contributed by atoms with E-state index in [0.717, 1.165) is 36.6 Å². The number of hydrogen-bond donors (Lipinski definition) is 1. The maximum Gasteiger partial charge on any atom is 0.134 e. The topological polar surface area (TPSA) is 55.0 Å². The molecule has 0 aliphatic carbocycles. The zero-order valence-electron chi connectivity index (χ0n) is 10.3. The lowest BCUT2D eigenvalue weighted by atomic mass is 9.92. The maximum atomic E-state index is 5.76. The molecule has 1 aromatic heterocycles. The van der Waals surface area contributed by atoms with E-state index in [9.17, 15) is 0 Å². The average molecular weight is 220 g/mol. The monoisotopic (exact) mass is 220 g/mol. The quantitative estimate of drug-likeness (QED) is 0.784. The molecule has 0 unspecified atom stereocenters. The van der Waals surface area contributed by atoms with Gasteiger partial charge in [-0.2, -0.15) is 0 Å². The fraction of sp³-hybridized carbons (Fsp3) is 0.667. The lowest BCUT2D eigenvalue weighted by molar-refractivity contribution is 0.355. The minimum absolute atomic E-state index is 0.563. The van der Waals surface area contributed by atoms with E-state index in [1.807, 2.05) is 13.0 Å². The number of hydrogen-bond acceptors (Lipinski definition) is 4. The van der Waals surface area contributed by atoms with Gasteiger partial charge in [0, 0.05) is 19.2 Å². The molecule has 0 aromatic carbocycles. The minimum Gasteiger partial charge on any atom is -0.384 e. The smallest absolute Gasteiger partial charge is 0.134 e. The van der Waals surface area contributed by atoms with Gasteiger partial charge in [-0.1, -0.05) is 13.8 Å². The Hall–Kier alpha value is -1.32. The summed E-state index contributed by atoms with van der Waals surface area (Å²) in [5, 5.41) is 0. The molecule has 16 heavy (non-hydrogen) atoms. The molecule has 2 N–H and O–H groups in total. The second kappa shape index (κ2) is 4.28. The predicted molar refractivity (Wildman–Crippen MR) is 66.3 cm³/mol. The number of nitrogens with two attached hydrogens (primary N) is 1. The Bertz CT molecular complexity index is 347. The Balaban J connectivity index is 2.22. The molecule has 1 aromatic rings. The molecular weight excluding hydrogens is 200 g/mol. The first-order valence-electron chi connectivity index (χ1n) is 5.90. The van der Waals surface area contributed by atoms with Crippen LogP contribution in [0.15, 0.2) is 6.07 Å². The molecule has 2 atom stereocenters. The van der Waals surface area contributed by atoms with E-state index in [0.29, 0.717) is 5.82 Å². The van der Waals surface area contributed by atoms with Crippen LogP contribution in [0.1, 0.15) is 26.1 Å². The molecule has 88 valence electrons. The van der Waals surface area contributed by atoms with Gasteiger partial charge in [0.25, 0.3) is 0 Å². The number of aryl methyl sites for hydroxylation is 1. The van der Waals surface area contributed by atoms with Crippen LogP contribution in [0.3, 0.4) is 0 Å². The van der Waals surface area contributed by atoms with E-state index >= 15 is 0 Å². The largest absolute Gasteiger partial charge is 0.384 e. The van der Waals surface area contributed by atoms with Crippen LogP contribution < -0.4 is 10.6 Å². The van der Waals surface area contributed by atoms with E-state index in [1.54, 1.807) is 0 Å². The molecule has 2 heterocycles. The molecule has 0 spiro atoms. The van der Waals surface area contributed by atoms with Gasteiger partial charge in [0.1, 0.15) is 17.5 Å². The number of nitrogens with zero attached hydrogens (tertiary/aromatic N) is 3. The lowest BCUT2D eigenvalue weighted by Crippen LogP contribution is -2.39. The number of anilines is 2. The Morgan fingerprint density at radius 2 is 1.88 bits per heavy atom. The Morgan fingerprint density at radius 3 is 2.44 bits per heavy atom. The molecule has 1 saturated heterocycles. The van der Waals surface area contributed by atoms with Crippen LogP contribution in [0.5, 0.6) is 0 Å². The molecule has 0 radical (unpaired) electrons. The zero-order chi connectivity index (χ0) is 11.7. The highest BCUT2D eigenvalue weighted by Gasteiger charge is 2.23. The SMILES string of the molecule is Cc1nc(N)cc(N2C[C@H](C)C[C@H](C)C2)n1. The summed E-state index contributed by atoms with van der Waals surface area (Å²) in [4.78, 5) is 10.9. The van der Waals surface area contributed by atoms with Crippen molar-refractivity contribution < 1.29 is 0 Å². The highest BCUT2D eigenvalue weighted by Crippen LogP contribution is 2.25. The third kappa shape index (κ3) is 2.43. The van der Waals surface area contributed by atoms with E-state index < -0.39 is 0 Å². The molecule has 0 bridgehead atoms. The van der Waals surface area contributed by atoms with Crippen molar-refractivity contribution in [2.45, 2.75) is 27.2 Å². The van der Waals surface area contributed by atoms with Gasteiger partial charge in [0.2, 0.25) is 0 Å². The van der Waals surface area contributed by atoms with Crippen LogP contribution >= 0.6 is 0 Å². The van der Waals surface area contributed by atoms with Crippen LogP contribution in [-0.4, -0.2) is 23.1 Å². The summed E-state index contributed by atoms with van der Waals surface area (Å²) in [6.45, 7) is 8.61. The summed E-state index contributed by atoms with van der Waals surface area (Å²) in [5.41, 5.74) is 5.76. The highest BCUT2D eigenvalue weighted by atomic mass is 15.2. The van der Waals surface area contributed by atoms with Gasteiger partial charge in [-0.05, 0) is 25.2 Å². The van der Waals surface area contributed by atoms with Gasteiger partial charge in [-0.15, -0.1) is 0 Å². The maximum absolute atomic E-state index is 5.76. The summed E-state index contributed by atoms with van der Waals surface area (Å²) in [7, 11) is 0. The van der Waals surface area contributed by atoms with Crippen LogP contribution in [0.25, 0.3) is 0 Å². The molecule has 4 heteroatoms. The standard InChI is InChI=1S/C12H20N4/c1-8-4-9(2)7-16(6-8)12-5-11(13)14-10(3)15-12/h5,8-9H,4,6-7H2,1-3H3,(H2,13,14,15)/t8-,9+. The molecule has 0 saturated carbocycles. The average Bonchev–Trinajstić information content (AvgIpc) is 2.14. The van der Waals surface area contributed by atoms with Gasteiger partial charge in [0.15, 0.2) is 0 Å². The van der Waals surface area contributed by atoms with Crippen LogP contribution in [0.4, 0.5) is 11.6 Å². The van der Waals surface area contributed by atoms with Crippen LogP contribution in [-0.2, 0) is 0 Å². The molecule has 2 rings (SSSR count). The van der Waals surface area contributed by atoms with Crippen molar-refractivity contribution in [1.82, 2.24) is 9.97 Å². The summed E-state index contributed by atoms with van der Waals surface area (Å²) in [5.74, 6) is 3.73. The first kappa shape index (κ1) is 11.2. The van der Waals surface area contributed by atoms with Gasteiger partial charge in [-0.25, -0.2) is 9.97 Å². The normalized spacial score (nSPS) is 25.8. The van der Waals surface area contributed by atoms with Gasteiger partial charge >= 0.3 is 0 Å². The lowest BCUT2D eigenvalue weighted by Gasteiger charge is -2.35. The summed E-state index contributed by atoms with van der Waals surface area (Å²) < 4.78 is 0. The minimum atomic E-state index is 0.563. The number of nitrogen functional groups attached to an aromatic ring is 1. The van der Waals surface area contributed by atoms with Crippen molar-refractivity contribution in [2.24, 2.45) is 11.8 Å². The van der Waals surface area contributed by atoms with E-state index in [-0.39, 0.29) is 0 Å². The molecule has 1 fully saturated rings. The number of aromatic nitrogens is 2. The summed E-state index contributed by atoms with van der Waals surface area (Å²) >= 11 is 0. The van der Waals surface area contributed by atoms with Crippen molar-refractivity contribution in [2.75, 3.05) is 23.7 Å². The molecule has 0 amide bonds. The predicted octanol–water partition coefficient (Wildman–Crippen LogP) is 1.85. The number of piperidine rings is 1. The zero-order valence-corrected chi connectivity index (χ0v) is 10.3. The number of rotatable bonds is 1. The first-order valence-corrected chi connectivity index (χ1v) is 5.90. The van der Waals surface area contributed by atoms with Gasteiger partial charge in [-0.3, -0.25) is 0 Å². The van der Waals surface area contributed by atoms with Crippen molar-refractivity contribution in [3.05, 3.63) is 11.9 Å².